The SMILES string of the molecule is Cc1cccc(C)c1CNCCCOCC1CCCO1. The van der Waals surface area contributed by atoms with Crippen molar-refractivity contribution >= 4 is 0 Å². The second-order valence-electron chi connectivity index (χ2n) is 5.61. The molecule has 1 saturated heterocycles. The summed E-state index contributed by atoms with van der Waals surface area (Å²) < 4.78 is 11.2. The number of nitrogens with one attached hydrogen (secondary N) is 1. The molecule has 0 aliphatic carbocycles. The highest BCUT2D eigenvalue weighted by molar-refractivity contribution is 5.33. The lowest BCUT2D eigenvalue weighted by Gasteiger charge is -2.12. The molecule has 0 spiro atoms. The van der Waals surface area contributed by atoms with Crippen molar-refractivity contribution in [1.29, 1.82) is 0 Å². The van der Waals surface area contributed by atoms with Gasteiger partial charge in [-0.05, 0) is 56.3 Å². The molecule has 1 aromatic rings. The van der Waals surface area contributed by atoms with Gasteiger partial charge in [0.25, 0.3) is 0 Å². The van der Waals surface area contributed by atoms with Gasteiger partial charge in [-0.1, -0.05) is 18.2 Å². The monoisotopic (exact) mass is 277 g/mol. The lowest BCUT2D eigenvalue weighted by molar-refractivity contribution is 0.0166. The van der Waals surface area contributed by atoms with Gasteiger partial charge in [-0.3, -0.25) is 0 Å². The Morgan fingerprint density at radius 1 is 1.30 bits per heavy atom. The van der Waals surface area contributed by atoms with E-state index >= 15 is 0 Å². The zero-order valence-electron chi connectivity index (χ0n) is 12.8. The van der Waals surface area contributed by atoms with E-state index in [1.165, 1.54) is 23.1 Å². The molecule has 0 radical (unpaired) electrons. The van der Waals surface area contributed by atoms with Crippen LogP contribution in [-0.4, -0.2) is 32.5 Å². The molecular formula is C17H27NO2. The molecule has 1 N–H and O–H groups in total. The minimum absolute atomic E-state index is 0.345. The number of benzene rings is 1. The molecular weight excluding hydrogens is 250 g/mol. The molecule has 3 nitrogen and oxygen atoms in total. The molecule has 1 fully saturated rings. The third kappa shape index (κ3) is 4.89. The lowest BCUT2D eigenvalue weighted by Crippen LogP contribution is -2.19. The van der Waals surface area contributed by atoms with Gasteiger partial charge in [-0.2, -0.15) is 0 Å². The van der Waals surface area contributed by atoms with Crippen LogP contribution in [0.1, 0.15) is 36.0 Å². The van der Waals surface area contributed by atoms with E-state index in [9.17, 15) is 0 Å². The third-order valence-corrected chi connectivity index (χ3v) is 3.92. The van der Waals surface area contributed by atoms with E-state index in [4.69, 9.17) is 9.47 Å². The molecule has 2 rings (SSSR count). The smallest absolute Gasteiger partial charge is 0.0809 e. The van der Waals surface area contributed by atoms with Gasteiger partial charge in [-0.25, -0.2) is 0 Å². The Morgan fingerprint density at radius 2 is 2.10 bits per heavy atom. The van der Waals surface area contributed by atoms with E-state index in [2.05, 4.69) is 37.4 Å². The topological polar surface area (TPSA) is 30.5 Å². The molecule has 0 bridgehead atoms. The summed E-state index contributed by atoms with van der Waals surface area (Å²) in [5, 5.41) is 3.50. The molecule has 1 unspecified atom stereocenters. The van der Waals surface area contributed by atoms with Crippen LogP contribution in [0, 0.1) is 13.8 Å². The minimum atomic E-state index is 0.345. The van der Waals surface area contributed by atoms with E-state index < -0.39 is 0 Å². The van der Waals surface area contributed by atoms with E-state index in [1.54, 1.807) is 0 Å². The molecule has 1 aromatic carbocycles. The number of hydrogen-bond acceptors (Lipinski definition) is 3. The number of ether oxygens (including phenoxy) is 2. The Morgan fingerprint density at radius 3 is 2.80 bits per heavy atom. The Balaban J connectivity index is 1.53. The highest BCUT2D eigenvalue weighted by atomic mass is 16.5. The van der Waals surface area contributed by atoms with Crippen LogP contribution < -0.4 is 5.32 Å². The second-order valence-corrected chi connectivity index (χ2v) is 5.61. The van der Waals surface area contributed by atoms with E-state index in [0.29, 0.717) is 6.10 Å². The summed E-state index contributed by atoms with van der Waals surface area (Å²) in [6.45, 7) is 8.79. The molecule has 0 amide bonds. The van der Waals surface area contributed by atoms with Crippen LogP contribution in [0.15, 0.2) is 18.2 Å². The van der Waals surface area contributed by atoms with Crippen LogP contribution in [0.4, 0.5) is 0 Å². The van der Waals surface area contributed by atoms with Crippen molar-refractivity contribution in [2.45, 2.75) is 45.8 Å². The summed E-state index contributed by atoms with van der Waals surface area (Å²) in [6, 6.07) is 6.47. The zero-order valence-corrected chi connectivity index (χ0v) is 12.8. The quantitative estimate of drug-likeness (QED) is 0.741. The van der Waals surface area contributed by atoms with Crippen LogP contribution in [0.25, 0.3) is 0 Å². The van der Waals surface area contributed by atoms with Gasteiger partial charge in [0.1, 0.15) is 0 Å². The average molecular weight is 277 g/mol. The summed E-state index contributed by atoms with van der Waals surface area (Å²) in [5.74, 6) is 0. The summed E-state index contributed by atoms with van der Waals surface area (Å²) in [5.41, 5.74) is 4.16. The second kappa shape index (κ2) is 8.40. The summed E-state index contributed by atoms with van der Waals surface area (Å²) in [6.07, 6.45) is 3.74. The first-order valence-corrected chi connectivity index (χ1v) is 7.72. The van der Waals surface area contributed by atoms with Gasteiger partial charge < -0.3 is 14.8 Å². The fourth-order valence-electron chi connectivity index (χ4n) is 2.63. The standard InChI is InChI=1S/C17H27NO2/c1-14-6-3-7-15(2)17(14)12-18-9-5-10-19-13-16-8-4-11-20-16/h3,6-7,16,18H,4-5,8-13H2,1-2H3. The molecule has 0 aromatic heterocycles. The first-order chi connectivity index (χ1) is 9.77. The van der Waals surface area contributed by atoms with Crippen LogP contribution in [0.5, 0.6) is 0 Å². The molecule has 1 aliphatic rings. The Bertz CT molecular complexity index is 380. The molecule has 20 heavy (non-hydrogen) atoms. The normalized spacial score (nSPS) is 18.6. The summed E-state index contributed by atoms with van der Waals surface area (Å²) in [4.78, 5) is 0. The molecule has 1 atom stereocenters. The van der Waals surface area contributed by atoms with Crippen LogP contribution >= 0.6 is 0 Å². The van der Waals surface area contributed by atoms with Crippen molar-refractivity contribution < 1.29 is 9.47 Å². The van der Waals surface area contributed by atoms with E-state index in [-0.39, 0.29) is 0 Å². The Labute approximate surface area is 122 Å². The van der Waals surface area contributed by atoms with Crippen LogP contribution in [0.2, 0.25) is 0 Å². The maximum Gasteiger partial charge on any atom is 0.0809 e. The van der Waals surface area contributed by atoms with Crippen LogP contribution in [0.3, 0.4) is 0 Å². The van der Waals surface area contributed by atoms with Gasteiger partial charge >= 0.3 is 0 Å². The fraction of sp³-hybridized carbons (Fsp3) is 0.647. The van der Waals surface area contributed by atoms with Crippen molar-refractivity contribution in [3.63, 3.8) is 0 Å². The number of aryl methyl sites for hydroxylation is 2. The molecule has 112 valence electrons. The lowest BCUT2D eigenvalue weighted by atomic mass is 10.0. The fourth-order valence-corrected chi connectivity index (χ4v) is 2.63. The van der Waals surface area contributed by atoms with Crippen molar-refractivity contribution in [1.82, 2.24) is 5.32 Å². The maximum atomic E-state index is 5.65. The molecule has 0 saturated carbocycles. The molecule has 3 heteroatoms. The Hall–Kier alpha value is -0.900. The van der Waals surface area contributed by atoms with Crippen molar-refractivity contribution in [2.24, 2.45) is 0 Å². The van der Waals surface area contributed by atoms with Crippen molar-refractivity contribution in [2.75, 3.05) is 26.4 Å². The molecule has 1 aliphatic heterocycles. The van der Waals surface area contributed by atoms with Gasteiger partial charge in [0.15, 0.2) is 0 Å². The largest absolute Gasteiger partial charge is 0.379 e. The predicted octanol–water partition coefficient (Wildman–Crippen LogP) is 2.98. The van der Waals surface area contributed by atoms with Gasteiger partial charge in [0.2, 0.25) is 0 Å². The number of hydrogen-bond donors (Lipinski definition) is 1. The Kier molecular flexibility index (Phi) is 6.51. The first kappa shape index (κ1) is 15.5. The molecule has 1 heterocycles. The maximum absolute atomic E-state index is 5.65. The van der Waals surface area contributed by atoms with Crippen molar-refractivity contribution in [3.8, 4) is 0 Å². The number of rotatable bonds is 8. The van der Waals surface area contributed by atoms with E-state index in [1.807, 2.05) is 0 Å². The van der Waals surface area contributed by atoms with Crippen molar-refractivity contribution in [3.05, 3.63) is 34.9 Å². The third-order valence-electron chi connectivity index (χ3n) is 3.92. The van der Waals surface area contributed by atoms with E-state index in [0.717, 1.165) is 45.8 Å². The van der Waals surface area contributed by atoms with Crippen LogP contribution in [-0.2, 0) is 16.0 Å². The predicted molar refractivity (Wildman–Crippen MR) is 82.0 cm³/mol. The zero-order chi connectivity index (χ0) is 14.2. The van der Waals surface area contributed by atoms with Gasteiger partial charge in [0, 0.05) is 19.8 Å². The highest BCUT2D eigenvalue weighted by Crippen LogP contribution is 2.13. The summed E-state index contributed by atoms with van der Waals surface area (Å²) >= 11 is 0. The minimum Gasteiger partial charge on any atom is -0.379 e. The highest BCUT2D eigenvalue weighted by Gasteiger charge is 2.14. The van der Waals surface area contributed by atoms with Gasteiger partial charge in [0.05, 0.1) is 12.7 Å². The van der Waals surface area contributed by atoms with Gasteiger partial charge in [-0.15, -0.1) is 0 Å². The average Bonchev–Trinajstić information content (AvgIpc) is 2.93. The summed E-state index contributed by atoms with van der Waals surface area (Å²) in [7, 11) is 0. The first-order valence-electron chi connectivity index (χ1n) is 7.72.